The summed E-state index contributed by atoms with van der Waals surface area (Å²) >= 11 is 0. The molecule has 1 aromatic carbocycles. The Morgan fingerprint density at radius 3 is 2.48 bits per heavy atom. The number of nitrogens with two attached hydrogens (primary N) is 1. The molecule has 1 aromatic heterocycles. The van der Waals surface area contributed by atoms with Crippen LogP contribution in [0.5, 0.6) is 5.75 Å². The fraction of sp³-hybridized carbons (Fsp3) is 0.409. The average Bonchev–Trinajstić information content (AvgIpc) is 2.70. The van der Waals surface area contributed by atoms with E-state index in [1.54, 1.807) is 12.1 Å². The number of ether oxygens (including phenoxy) is 1. The molecule has 0 bridgehead atoms. The van der Waals surface area contributed by atoms with E-state index in [0.717, 1.165) is 32.0 Å². The number of piperidine rings is 1. The van der Waals surface area contributed by atoms with Crippen LogP contribution >= 0.6 is 0 Å². The van der Waals surface area contributed by atoms with Crippen molar-refractivity contribution in [1.82, 2.24) is 9.88 Å². The molecule has 1 aliphatic rings. The molecule has 9 nitrogen and oxygen atoms in total. The molecule has 9 heteroatoms. The standard InChI is InChI=1S/C22H27N3O6/c1-13-4-2-9-25(12-13)10-3-11-31-15-7-5-14(6-8-15)16-17(21(27)28)19(23)24-20(26)18(16)22(29)30/h5-8,13H,2-4,9-12H2,1H3,(H,27,28)(H,29,30)(H3,23,24,26). The summed E-state index contributed by atoms with van der Waals surface area (Å²) < 4.78 is 5.77. The summed E-state index contributed by atoms with van der Waals surface area (Å²) in [6.07, 6.45) is 3.39. The van der Waals surface area contributed by atoms with Gasteiger partial charge < -0.3 is 30.6 Å². The fourth-order valence-corrected chi connectivity index (χ4v) is 4.02. The molecular formula is C22H27N3O6. The summed E-state index contributed by atoms with van der Waals surface area (Å²) in [5, 5.41) is 18.9. The van der Waals surface area contributed by atoms with E-state index in [1.807, 2.05) is 0 Å². The molecule has 166 valence electrons. The summed E-state index contributed by atoms with van der Waals surface area (Å²) in [6, 6.07) is 6.28. The van der Waals surface area contributed by atoms with Gasteiger partial charge in [0.25, 0.3) is 5.56 Å². The second-order valence-electron chi connectivity index (χ2n) is 7.88. The number of hydrogen-bond donors (Lipinski definition) is 4. The van der Waals surface area contributed by atoms with E-state index < -0.39 is 34.4 Å². The van der Waals surface area contributed by atoms with Crippen molar-refractivity contribution in [3.8, 4) is 16.9 Å². The van der Waals surface area contributed by atoms with Crippen LogP contribution in [0.2, 0.25) is 0 Å². The van der Waals surface area contributed by atoms with Gasteiger partial charge in [-0.2, -0.15) is 0 Å². The first-order valence-corrected chi connectivity index (χ1v) is 10.3. The monoisotopic (exact) mass is 429 g/mol. The second-order valence-corrected chi connectivity index (χ2v) is 7.88. The van der Waals surface area contributed by atoms with E-state index in [0.29, 0.717) is 12.4 Å². The van der Waals surface area contributed by atoms with Gasteiger partial charge in [-0.05, 0) is 49.4 Å². The summed E-state index contributed by atoms with van der Waals surface area (Å²) in [7, 11) is 0. The van der Waals surface area contributed by atoms with Gasteiger partial charge in [0.05, 0.1) is 6.61 Å². The minimum atomic E-state index is -1.54. The molecule has 1 unspecified atom stereocenters. The third-order valence-corrected chi connectivity index (χ3v) is 5.44. The number of nitrogens with one attached hydrogen (secondary N) is 1. The zero-order valence-corrected chi connectivity index (χ0v) is 17.4. The van der Waals surface area contributed by atoms with Gasteiger partial charge in [0.15, 0.2) is 0 Å². The van der Waals surface area contributed by atoms with E-state index >= 15 is 0 Å². The smallest absolute Gasteiger partial charge is 0.342 e. The van der Waals surface area contributed by atoms with Crippen molar-refractivity contribution >= 4 is 17.8 Å². The number of nitrogens with zero attached hydrogens (tertiary/aromatic N) is 1. The Labute approximate surface area is 179 Å². The maximum atomic E-state index is 12.1. The van der Waals surface area contributed by atoms with Crippen molar-refractivity contribution in [3.63, 3.8) is 0 Å². The molecule has 2 heterocycles. The molecule has 0 aliphatic carbocycles. The van der Waals surface area contributed by atoms with Gasteiger partial charge in [0.2, 0.25) is 0 Å². The first-order chi connectivity index (χ1) is 14.8. The Morgan fingerprint density at radius 1 is 1.19 bits per heavy atom. The predicted molar refractivity (Wildman–Crippen MR) is 116 cm³/mol. The summed E-state index contributed by atoms with van der Waals surface area (Å²) in [6.45, 7) is 6.01. The molecule has 31 heavy (non-hydrogen) atoms. The number of likely N-dealkylation sites (tertiary alicyclic amines) is 1. The summed E-state index contributed by atoms with van der Waals surface area (Å²) in [4.78, 5) is 39.9. The molecule has 1 atom stereocenters. The maximum Gasteiger partial charge on any atom is 0.342 e. The van der Waals surface area contributed by atoms with E-state index in [1.165, 1.54) is 25.0 Å². The van der Waals surface area contributed by atoms with E-state index in [-0.39, 0.29) is 11.1 Å². The van der Waals surface area contributed by atoms with Crippen LogP contribution in [0.15, 0.2) is 29.1 Å². The van der Waals surface area contributed by atoms with Crippen molar-refractivity contribution < 1.29 is 24.5 Å². The Hall–Kier alpha value is -3.33. The zero-order valence-electron chi connectivity index (χ0n) is 17.4. The van der Waals surface area contributed by atoms with Crippen LogP contribution in [0.4, 0.5) is 5.82 Å². The quantitative estimate of drug-likeness (QED) is 0.468. The predicted octanol–water partition coefficient (Wildman–Crippen LogP) is 2.52. The molecular weight excluding hydrogens is 402 g/mol. The van der Waals surface area contributed by atoms with Crippen molar-refractivity contribution in [1.29, 1.82) is 0 Å². The lowest BCUT2D eigenvalue weighted by Gasteiger charge is -2.30. The highest BCUT2D eigenvalue weighted by Crippen LogP contribution is 2.30. The van der Waals surface area contributed by atoms with Crippen LogP contribution in [0.25, 0.3) is 11.1 Å². The molecule has 0 spiro atoms. The number of rotatable bonds is 8. The highest BCUT2D eigenvalue weighted by Gasteiger charge is 2.26. The van der Waals surface area contributed by atoms with Gasteiger partial charge in [0, 0.05) is 18.7 Å². The Morgan fingerprint density at radius 2 is 1.87 bits per heavy atom. The SMILES string of the molecule is CC1CCCN(CCCOc2ccc(-c3c(C(=O)O)c(N)[nH]c(=O)c3C(=O)O)cc2)C1. The van der Waals surface area contributed by atoms with Crippen LogP contribution in [0.3, 0.4) is 0 Å². The topological polar surface area (TPSA) is 146 Å². The molecule has 3 rings (SSSR count). The lowest BCUT2D eigenvalue weighted by atomic mass is 9.95. The van der Waals surface area contributed by atoms with Gasteiger partial charge in [-0.3, -0.25) is 4.79 Å². The molecule has 1 fully saturated rings. The molecule has 1 saturated heterocycles. The number of anilines is 1. The third-order valence-electron chi connectivity index (χ3n) is 5.44. The first-order valence-electron chi connectivity index (χ1n) is 10.3. The van der Waals surface area contributed by atoms with Gasteiger partial charge in [0.1, 0.15) is 22.7 Å². The number of aromatic amines is 1. The molecule has 2 aromatic rings. The van der Waals surface area contributed by atoms with Crippen LogP contribution in [0.1, 0.15) is 46.9 Å². The van der Waals surface area contributed by atoms with E-state index in [4.69, 9.17) is 10.5 Å². The molecule has 1 aliphatic heterocycles. The number of carbonyl (C=O) groups is 2. The largest absolute Gasteiger partial charge is 0.494 e. The zero-order chi connectivity index (χ0) is 22.5. The van der Waals surface area contributed by atoms with Gasteiger partial charge in [-0.25, -0.2) is 9.59 Å². The van der Waals surface area contributed by atoms with E-state index in [9.17, 15) is 24.6 Å². The summed E-state index contributed by atoms with van der Waals surface area (Å²) in [5.41, 5.74) is 3.59. The van der Waals surface area contributed by atoms with Crippen LogP contribution in [0, 0.1) is 5.92 Å². The number of nitrogen functional groups attached to an aromatic ring is 1. The second kappa shape index (κ2) is 9.65. The number of carboxylic acid groups (broad SMARTS) is 2. The number of H-pyrrole nitrogens is 1. The van der Waals surface area contributed by atoms with Gasteiger partial charge >= 0.3 is 11.9 Å². The highest BCUT2D eigenvalue weighted by molar-refractivity contribution is 6.07. The van der Waals surface area contributed by atoms with E-state index in [2.05, 4.69) is 16.8 Å². The van der Waals surface area contributed by atoms with Crippen LogP contribution < -0.4 is 16.0 Å². The van der Waals surface area contributed by atoms with Crippen LogP contribution in [-0.2, 0) is 0 Å². The molecule has 5 N–H and O–H groups in total. The van der Waals surface area contributed by atoms with Crippen LogP contribution in [-0.4, -0.2) is 58.3 Å². The minimum absolute atomic E-state index is 0.230. The van der Waals surface area contributed by atoms with Gasteiger partial charge in [-0.15, -0.1) is 0 Å². The van der Waals surface area contributed by atoms with Crippen molar-refractivity contribution in [3.05, 3.63) is 45.7 Å². The minimum Gasteiger partial charge on any atom is -0.494 e. The first kappa shape index (κ1) is 22.4. The van der Waals surface area contributed by atoms with Crippen molar-refractivity contribution in [2.45, 2.75) is 26.2 Å². The lowest BCUT2D eigenvalue weighted by molar-refractivity contribution is 0.0695. The van der Waals surface area contributed by atoms with Crippen molar-refractivity contribution in [2.75, 3.05) is 32.0 Å². The highest BCUT2D eigenvalue weighted by atomic mass is 16.5. The number of hydrogen-bond acceptors (Lipinski definition) is 6. The number of benzene rings is 1. The third kappa shape index (κ3) is 5.24. The van der Waals surface area contributed by atoms with Crippen molar-refractivity contribution in [2.24, 2.45) is 5.92 Å². The Balaban J connectivity index is 1.73. The average molecular weight is 429 g/mol. The number of aromatic carboxylic acids is 2. The fourth-order valence-electron chi connectivity index (χ4n) is 4.02. The molecule has 0 amide bonds. The Bertz CT molecular complexity index is 1020. The Kier molecular flexibility index (Phi) is 6.96. The van der Waals surface area contributed by atoms with Gasteiger partial charge in [-0.1, -0.05) is 19.1 Å². The molecule has 0 radical (unpaired) electrons. The normalized spacial score (nSPS) is 16.7. The number of aromatic nitrogens is 1. The summed E-state index contributed by atoms with van der Waals surface area (Å²) in [5.74, 6) is -2.07. The molecule has 0 saturated carbocycles. The maximum absolute atomic E-state index is 12.1. The number of pyridine rings is 1. The number of carboxylic acids is 2. The lowest BCUT2D eigenvalue weighted by Crippen LogP contribution is -2.35.